The molecule has 0 amide bonds. The standard InChI is InChI=1S/C23H28N4O3/c1-14-20(17-4-3-16-5-10-29-19(16)11-17)26-18(12-28)22(25-14)27-8-6-23(7-9-27)13-30-15(2)21(23)24/h3-5,10-11,15,21,28H,6-9,12-13,24H2,1-2H3/t15-,21?/m0/s1. The van der Waals surface area contributed by atoms with Crippen LogP contribution >= 0.6 is 0 Å². The molecule has 2 aliphatic heterocycles. The summed E-state index contributed by atoms with van der Waals surface area (Å²) in [6.45, 7) is 6.27. The highest BCUT2D eigenvalue weighted by Crippen LogP contribution is 2.42. The number of hydrogen-bond acceptors (Lipinski definition) is 7. The third-order valence-corrected chi connectivity index (χ3v) is 6.91. The number of aryl methyl sites for hydroxylation is 1. The Hall–Kier alpha value is -2.48. The van der Waals surface area contributed by atoms with Gasteiger partial charge in [0, 0.05) is 35.5 Å². The van der Waals surface area contributed by atoms with Crippen molar-refractivity contribution in [3.63, 3.8) is 0 Å². The first-order chi connectivity index (χ1) is 14.5. The summed E-state index contributed by atoms with van der Waals surface area (Å²) < 4.78 is 11.4. The first-order valence-electron chi connectivity index (χ1n) is 10.6. The van der Waals surface area contributed by atoms with E-state index in [9.17, 15) is 5.11 Å². The highest BCUT2D eigenvalue weighted by Gasteiger charge is 2.47. The van der Waals surface area contributed by atoms with E-state index in [1.54, 1.807) is 6.26 Å². The van der Waals surface area contributed by atoms with Gasteiger partial charge in [0.25, 0.3) is 0 Å². The summed E-state index contributed by atoms with van der Waals surface area (Å²) in [6.07, 6.45) is 3.71. The van der Waals surface area contributed by atoms with Crippen LogP contribution in [0.3, 0.4) is 0 Å². The monoisotopic (exact) mass is 408 g/mol. The summed E-state index contributed by atoms with van der Waals surface area (Å²) >= 11 is 0. The van der Waals surface area contributed by atoms with Gasteiger partial charge in [0.2, 0.25) is 0 Å². The largest absolute Gasteiger partial charge is 0.464 e. The Morgan fingerprint density at radius 2 is 2.03 bits per heavy atom. The van der Waals surface area contributed by atoms with Gasteiger partial charge in [-0.05, 0) is 38.8 Å². The van der Waals surface area contributed by atoms with Gasteiger partial charge in [0.15, 0.2) is 5.82 Å². The van der Waals surface area contributed by atoms with Gasteiger partial charge < -0.3 is 24.9 Å². The molecule has 1 aromatic carbocycles. The molecule has 2 fully saturated rings. The van der Waals surface area contributed by atoms with Crippen LogP contribution in [0.5, 0.6) is 0 Å². The van der Waals surface area contributed by atoms with Crippen LogP contribution in [0.4, 0.5) is 5.82 Å². The Balaban J connectivity index is 1.43. The zero-order chi connectivity index (χ0) is 20.9. The summed E-state index contributed by atoms with van der Waals surface area (Å²) in [5, 5.41) is 11.1. The lowest BCUT2D eigenvalue weighted by Gasteiger charge is -2.42. The van der Waals surface area contributed by atoms with Gasteiger partial charge in [-0.1, -0.05) is 12.1 Å². The van der Waals surface area contributed by atoms with Gasteiger partial charge in [0.1, 0.15) is 11.3 Å². The SMILES string of the molecule is Cc1nc(N2CCC3(CC2)CO[C@@H](C)C3N)c(CO)nc1-c1ccc2ccoc2c1. The third kappa shape index (κ3) is 3.09. The Kier molecular flexibility index (Phi) is 4.76. The van der Waals surface area contributed by atoms with Crippen LogP contribution in [-0.4, -0.2) is 46.9 Å². The molecule has 2 saturated heterocycles. The Morgan fingerprint density at radius 1 is 1.23 bits per heavy atom. The molecule has 0 bridgehead atoms. The second kappa shape index (κ2) is 7.34. The summed E-state index contributed by atoms with van der Waals surface area (Å²) in [7, 11) is 0. The molecule has 1 unspecified atom stereocenters. The van der Waals surface area contributed by atoms with Crippen LogP contribution in [0.15, 0.2) is 34.9 Å². The fourth-order valence-corrected chi connectivity index (χ4v) is 4.91. The lowest BCUT2D eigenvalue weighted by molar-refractivity contribution is 0.0973. The molecule has 7 heteroatoms. The molecule has 2 aliphatic rings. The van der Waals surface area contributed by atoms with Crippen molar-refractivity contribution in [3.05, 3.63) is 41.9 Å². The van der Waals surface area contributed by atoms with Crippen LogP contribution < -0.4 is 10.6 Å². The molecule has 5 rings (SSSR count). The van der Waals surface area contributed by atoms with E-state index < -0.39 is 0 Å². The second-order valence-corrected chi connectivity index (χ2v) is 8.65. The molecular weight excluding hydrogens is 380 g/mol. The van der Waals surface area contributed by atoms with E-state index in [2.05, 4.69) is 11.8 Å². The van der Waals surface area contributed by atoms with Crippen molar-refractivity contribution >= 4 is 16.8 Å². The van der Waals surface area contributed by atoms with Crippen molar-refractivity contribution < 1.29 is 14.3 Å². The lowest BCUT2D eigenvalue weighted by atomic mass is 9.73. The van der Waals surface area contributed by atoms with E-state index in [0.29, 0.717) is 5.69 Å². The predicted molar refractivity (Wildman–Crippen MR) is 115 cm³/mol. The maximum absolute atomic E-state index is 10.0. The van der Waals surface area contributed by atoms with E-state index in [1.807, 2.05) is 31.2 Å². The number of anilines is 1. The fourth-order valence-electron chi connectivity index (χ4n) is 4.91. The Bertz CT molecular complexity index is 1070. The number of nitrogens with zero attached hydrogens (tertiary/aromatic N) is 3. The number of nitrogens with two attached hydrogens (primary N) is 1. The number of furan rings is 1. The number of aromatic nitrogens is 2. The number of piperidine rings is 1. The van der Waals surface area contributed by atoms with E-state index in [4.69, 9.17) is 24.9 Å². The van der Waals surface area contributed by atoms with Crippen LogP contribution in [0, 0.1) is 12.3 Å². The van der Waals surface area contributed by atoms with Crippen LogP contribution in [0.25, 0.3) is 22.2 Å². The molecule has 3 aromatic rings. The molecule has 0 aliphatic carbocycles. The van der Waals surface area contributed by atoms with Crippen molar-refractivity contribution in [1.82, 2.24) is 9.97 Å². The molecule has 1 spiro atoms. The molecule has 30 heavy (non-hydrogen) atoms. The fraction of sp³-hybridized carbons (Fsp3) is 0.478. The van der Waals surface area contributed by atoms with Gasteiger partial charge >= 0.3 is 0 Å². The highest BCUT2D eigenvalue weighted by atomic mass is 16.5. The van der Waals surface area contributed by atoms with Crippen LogP contribution in [0.2, 0.25) is 0 Å². The van der Waals surface area contributed by atoms with Crippen molar-refractivity contribution in [3.8, 4) is 11.3 Å². The zero-order valence-corrected chi connectivity index (χ0v) is 17.5. The van der Waals surface area contributed by atoms with Gasteiger partial charge in [-0.3, -0.25) is 0 Å². The van der Waals surface area contributed by atoms with Gasteiger partial charge in [-0.25, -0.2) is 9.97 Å². The van der Waals surface area contributed by atoms with E-state index in [-0.39, 0.29) is 24.2 Å². The third-order valence-electron chi connectivity index (χ3n) is 6.91. The summed E-state index contributed by atoms with van der Waals surface area (Å²) in [5.41, 5.74) is 10.5. The molecule has 0 radical (unpaired) electrons. The van der Waals surface area contributed by atoms with E-state index in [1.165, 1.54) is 0 Å². The minimum Gasteiger partial charge on any atom is -0.464 e. The van der Waals surface area contributed by atoms with Gasteiger partial charge in [-0.15, -0.1) is 0 Å². The average Bonchev–Trinajstić information content (AvgIpc) is 3.34. The first kappa shape index (κ1) is 19.5. The highest BCUT2D eigenvalue weighted by molar-refractivity contribution is 5.82. The normalized spacial score (nSPS) is 23.5. The number of aliphatic hydroxyl groups is 1. The van der Waals surface area contributed by atoms with Crippen molar-refractivity contribution in [2.24, 2.45) is 11.1 Å². The van der Waals surface area contributed by atoms with Crippen LogP contribution in [0.1, 0.15) is 31.2 Å². The zero-order valence-electron chi connectivity index (χ0n) is 17.5. The number of rotatable bonds is 3. The number of benzene rings is 1. The minimum absolute atomic E-state index is 0.0517. The molecule has 4 heterocycles. The Morgan fingerprint density at radius 3 is 2.73 bits per heavy atom. The molecule has 2 atom stereocenters. The maximum atomic E-state index is 10.0. The predicted octanol–water partition coefficient (Wildman–Crippen LogP) is 3.02. The Labute approximate surface area is 175 Å². The molecule has 0 saturated carbocycles. The summed E-state index contributed by atoms with van der Waals surface area (Å²) in [5.74, 6) is 0.771. The van der Waals surface area contributed by atoms with Crippen LogP contribution in [-0.2, 0) is 11.3 Å². The molecule has 7 nitrogen and oxygen atoms in total. The number of ether oxygens (including phenoxy) is 1. The molecule has 2 aromatic heterocycles. The topological polar surface area (TPSA) is 97.6 Å². The van der Waals surface area contributed by atoms with Crippen molar-refractivity contribution in [2.75, 3.05) is 24.6 Å². The second-order valence-electron chi connectivity index (χ2n) is 8.65. The molecule has 158 valence electrons. The lowest BCUT2D eigenvalue weighted by Crippen LogP contribution is -2.51. The first-order valence-corrected chi connectivity index (χ1v) is 10.6. The summed E-state index contributed by atoms with van der Waals surface area (Å²) in [4.78, 5) is 11.9. The van der Waals surface area contributed by atoms with Crippen molar-refractivity contribution in [2.45, 2.75) is 45.4 Å². The number of fused-ring (bicyclic) bond motifs is 1. The smallest absolute Gasteiger partial charge is 0.153 e. The summed E-state index contributed by atoms with van der Waals surface area (Å²) in [6, 6.07) is 8.01. The van der Waals surface area contributed by atoms with E-state index >= 15 is 0 Å². The van der Waals surface area contributed by atoms with Gasteiger partial charge in [-0.2, -0.15) is 0 Å². The molecular formula is C23H28N4O3. The number of hydrogen-bond donors (Lipinski definition) is 2. The number of aliphatic hydroxyl groups excluding tert-OH is 1. The maximum Gasteiger partial charge on any atom is 0.153 e. The van der Waals surface area contributed by atoms with Gasteiger partial charge in [0.05, 0.1) is 37.0 Å². The average molecular weight is 409 g/mol. The minimum atomic E-state index is -0.153. The quantitative estimate of drug-likeness (QED) is 0.687. The van der Waals surface area contributed by atoms with E-state index in [0.717, 1.165) is 66.3 Å². The molecule has 3 N–H and O–H groups in total. The van der Waals surface area contributed by atoms with Crippen molar-refractivity contribution in [1.29, 1.82) is 0 Å².